The third-order valence-electron chi connectivity index (χ3n) is 4.91. The molecule has 0 aliphatic carbocycles. The third kappa shape index (κ3) is 2.68. The molecule has 1 aliphatic heterocycles. The normalized spacial score (nSPS) is 16.8. The summed E-state index contributed by atoms with van der Waals surface area (Å²) in [6.07, 6.45) is 9.62. The van der Waals surface area contributed by atoms with Crippen LogP contribution in [0.5, 0.6) is 0 Å². The van der Waals surface area contributed by atoms with Gasteiger partial charge < -0.3 is 15.7 Å². The first-order valence-corrected chi connectivity index (χ1v) is 8.30. The SMILES string of the molecule is CB(O)N1CCC(n2cc(-c3cnc4ccn(N)c4c3)cn2)CC1. The third-order valence-corrected chi connectivity index (χ3v) is 4.91. The Labute approximate surface area is 140 Å². The number of pyridine rings is 1. The van der Waals surface area contributed by atoms with E-state index in [1.807, 2.05) is 36.0 Å². The quantitative estimate of drug-likeness (QED) is 0.561. The van der Waals surface area contributed by atoms with Crippen molar-refractivity contribution in [2.45, 2.75) is 25.7 Å². The molecule has 7 nitrogen and oxygen atoms in total. The van der Waals surface area contributed by atoms with Crippen LogP contribution in [0.2, 0.25) is 6.82 Å². The predicted octanol–water partition coefficient (Wildman–Crippen LogP) is 1.36. The zero-order chi connectivity index (χ0) is 16.7. The van der Waals surface area contributed by atoms with Crippen LogP contribution in [0.3, 0.4) is 0 Å². The number of piperidine rings is 1. The minimum Gasteiger partial charge on any atom is -0.437 e. The molecule has 0 unspecified atom stereocenters. The van der Waals surface area contributed by atoms with Crippen LogP contribution in [0.25, 0.3) is 22.2 Å². The van der Waals surface area contributed by atoms with Crippen LogP contribution in [0.4, 0.5) is 0 Å². The molecule has 3 aromatic heterocycles. The highest BCUT2D eigenvalue weighted by atomic mass is 16.2. The molecule has 0 radical (unpaired) electrons. The molecule has 0 atom stereocenters. The highest BCUT2D eigenvalue weighted by Gasteiger charge is 2.25. The van der Waals surface area contributed by atoms with Gasteiger partial charge in [-0.3, -0.25) is 14.3 Å². The van der Waals surface area contributed by atoms with Gasteiger partial charge >= 0.3 is 7.05 Å². The van der Waals surface area contributed by atoms with Crippen molar-refractivity contribution in [3.8, 4) is 11.1 Å². The number of nitrogens with zero attached hydrogens (tertiary/aromatic N) is 5. The molecule has 4 heterocycles. The molecule has 3 N–H and O–H groups in total. The molecular formula is C16H21BN6O. The van der Waals surface area contributed by atoms with Crippen LogP contribution < -0.4 is 5.84 Å². The van der Waals surface area contributed by atoms with Gasteiger partial charge in [0.05, 0.1) is 23.3 Å². The Bertz CT molecular complexity index is 849. The summed E-state index contributed by atoms with van der Waals surface area (Å²) in [5.41, 5.74) is 3.86. The smallest absolute Gasteiger partial charge is 0.376 e. The first kappa shape index (κ1) is 15.2. The van der Waals surface area contributed by atoms with Crippen LogP contribution in [0.1, 0.15) is 18.9 Å². The summed E-state index contributed by atoms with van der Waals surface area (Å²) in [6.45, 7) is 3.61. The average Bonchev–Trinajstić information content (AvgIpc) is 3.22. The highest BCUT2D eigenvalue weighted by Crippen LogP contribution is 2.26. The van der Waals surface area contributed by atoms with Crippen LogP contribution in [0.15, 0.2) is 36.9 Å². The van der Waals surface area contributed by atoms with E-state index >= 15 is 0 Å². The lowest BCUT2D eigenvalue weighted by atomic mass is 9.82. The van der Waals surface area contributed by atoms with Gasteiger partial charge in [0.1, 0.15) is 0 Å². The molecule has 0 saturated carbocycles. The average molecular weight is 324 g/mol. The Hall–Kier alpha value is -2.32. The molecule has 4 rings (SSSR count). The van der Waals surface area contributed by atoms with Gasteiger partial charge in [-0.05, 0) is 44.9 Å². The second-order valence-corrected chi connectivity index (χ2v) is 6.46. The number of hydrogen-bond acceptors (Lipinski definition) is 5. The van der Waals surface area contributed by atoms with Gasteiger partial charge in [-0.25, -0.2) is 0 Å². The summed E-state index contributed by atoms with van der Waals surface area (Å²) >= 11 is 0. The molecule has 1 saturated heterocycles. The second-order valence-electron chi connectivity index (χ2n) is 6.46. The Morgan fingerprint density at radius 2 is 2.04 bits per heavy atom. The maximum absolute atomic E-state index is 9.66. The van der Waals surface area contributed by atoms with Crippen LogP contribution in [-0.2, 0) is 0 Å². The van der Waals surface area contributed by atoms with Gasteiger partial charge in [-0.1, -0.05) is 0 Å². The van der Waals surface area contributed by atoms with Crippen molar-refractivity contribution >= 4 is 18.1 Å². The topological polar surface area (TPSA) is 85.1 Å². The van der Waals surface area contributed by atoms with E-state index in [0.717, 1.165) is 48.1 Å². The minimum atomic E-state index is -0.371. The fourth-order valence-electron chi connectivity index (χ4n) is 3.40. The zero-order valence-corrected chi connectivity index (χ0v) is 13.7. The van der Waals surface area contributed by atoms with Gasteiger partial charge in [0.2, 0.25) is 0 Å². The Morgan fingerprint density at radius 1 is 1.25 bits per heavy atom. The number of fused-ring (bicyclic) bond motifs is 1. The van der Waals surface area contributed by atoms with E-state index in [9.17, 15) is 5.02 Å². The summed E-state index contributed by atoms with van der Waals surface area (Å²) < 4.78 is 3.63. The fourth-order valence-corrected chi connectivity index (χ4v) is 3.40. The predicted molar refractivity (Wildman–Crippen MR) is 94.8 cm³/mol. The molecule has 0 bridgehead atoms. The second kappa shape index (κ2) is 5.96. The van der Waals surface area contributed by atoms with Crippen molar-refractivity contribution in [1.29, 1.82) is 0 Å². The van der Waals surface area contributed by atoms with E-state index in [0.29, 0.717) is 6.04 Å². The molecule has 124 valence electrons. The van der Waals surface area contributed by atoms with Gasteiger partial charge in [0.15, 0.2) is 0 Å². The summed E-state index contributed by atoms with van der Waals surface area (Å²) in [4.78, 5) is 6.55. The lowest BCUT2D eigenvalue weighted by Crippen LogP contribution is -2.43. The van der Waals surface area contributed by atoms with Crippen molar-refractivity contribution in [3.05, 3.63) is 36.9 Å². The largest absolute Gasteiger partial charge is 0.437 e. The Morgan fingerprint density at radius 3 is 2.79 bits per heavy atom. The molecule has 0 spiro atoms. The molecule has 1 fully saturated rings. The standard InChI is InChI=1S/C16H21BN6O/c1-17(24)21-5-2-14(3-6-21)23-11-13(10-20-23)12-8-16-15(19-9-12)4-7-22(16)18/h4,7-11,14,24H,2-3,5-6,18H2,1H3. The van der Waals surface area contributed by atoms with Crippen molar-refractivity contribution in [3.63, 3.8) is 0 Å². The summed E-state index contributed by atoms with van der Waals surface area (Å²) in [6, 6.07) is 4.32. The summed E-state index contributed by atoms with van der Waals surface area (Å²) in [5, 5.41) is 14.2. The van der Waals surface area contributed by atoms with E-state index in [1.54, 1.807) is 10.9 Å². The minimum absolute atomic E-state index is 0.371. The van der Waals surface area contributed by atoms with Crippen LogP contribution in [-0.4, -0.2) is 49.4 Å². The van der Waals surface area contributed by atoms with Crippen molar-refractivity contribution < 1.29 is 5.02 Å². The van der Waals surface area contributed by atoms with Gasteiger partial charge in [0.25, 0.3) is 0 Å². The lowest BCUT2D eigenvalue weighted by molar-refractivity contribution is 0.241. The van der Waals surface area contributed by atoms with Gasteiger partial charge in [-0.2, -0.15) is 5.10 Å². The van der Waals surface area contributed by atoms with E-state index in [-0.39, 0.29) is 7.05 Å². The monoisotopic (exact) mass is 324 g/mol. The van der Waals surface area contributed by atoms with E-state index in [1.165, 1.54) is 0 Å². The molecule has 0 amide bonds. The molecule has 3 aromatic rings. The molecule has 1 aliphatic rings. The molecule has 0 aromatic carbocycles. The molecule has 8 heteroatoms. The molecule has 24 heavy (non-hydrogen) atoms. The summed E-state index contributed by atoms with van der Waals surface area (Å²) in [7, 11) is -0.371. The van der Waals surface area contributed by atoms with Gasteiger partial charge in [0, 0.05) is 29.7 Å². The summed E-state index contributed by atoms with van der Waals surface area (Å²) in [5.74, 6) is 5.91. The van der Waals surface area contributed by atoms with Crippen molar-refractivity contribution in [2.75, 3.05) is 18.9 Å². The van der Waals surface area contributed by atoms with Crippen molar-refractivity contribution in [2.24, 2.45) is 0 Å². The number of nitrogens with two attached hydrogens (primary N) is 1. The number of aromatic nitrogens is 4. The fraction of sp³-hybridized carbons (Fsp3) is 0.375. The van der Waals surface area contributed by atoms with E-state index in [4.69, 9.17) is 5.84 Å². The first-order chi connectivity index (χ1) is 11.6. The number of hydrogen-bond donors (Lipinski definition) is 2. The molecular weight excluding hydrogens is 303 g/mol. The van der Waals surface area contributed by atoms with Gasteiger partial charge in [-0.15, -0.1) is 0 Å². The lowest BCUT2D eigenvalue weighted by Gasteiger charge is -2.32. The van der Waals surface area contributed by atoms with Crippen LogP contribution >= 0.6 is 0 Å². The van der Waals surface area contributed by atoms with Crippen molar-refractivity contribution in [1.82, 2.24) is 24.3 Å². The Balaban J connectivity index is 1.55. The zero-order valence-electron chi connectivity index (χ0n) is 13.7. The van der Waals surface area contributed by atoms with E-state index in [2.05, 4.69) is 21.1 Å². The maximum atomic E-state index is 9.66. The maximum Gasteiger partial charge on any atom is 0.376 e. The Kier molecular flexibility index (Phi) is 3.78. The van der Waals surface area contributed by atoms with E-state index < -0.39 is 0 Å². The number of nitrogen functional groups attached to an aromatic ring is 1. The highest BCUT2D eigenvalue weighted by molar-refractivity contribution is 6.45. The number of rotatable bonds is 3. The first-order valence-electron chi connectivity index (χ1n) is 8.30. The van der Waals surface area contributed by atoms with Crippen LogP contribution in [0, 0.1) is 0 Å².